The minimum Gasteiger partial charge on any atom is -0.241 e. The van der Waals surface area contributed by atoms with E-state index in [4.69, 9.17) is 0 Å². The van der Waals surface area contributed by atoms with Crippen molar-refractivity contribution >= 4 is 11.3 Å². The predicted octanol–water partition coefficient (Wildman–Crippen LogP) is 4.39. The molecule has 0 fully saturated rings. The smallest absolute Gasteiger partial charge is 0.0908 e. The highest BCUT2D eigenvalue weighted by molar-refractivity contribution is 7.15. The van der Waals surface area contributed by atoms with Gasteiger partial charge in [0.05, 0.1) is 15.6 Å². The molecule has 86 valence electrons. The van der Waals surface area contributed by atoms with Crippen molar-refractivity contribution < 1.29 is 0 Å². The molecule has 0 atom stereocenters. The van der Waals surface area contributed by atoms with Gasteiger partial charge in [0, 0.05) is 5.56 Å². The van der Waals surface area contributed by atoms with Crippen molar-refractivity contribution in [3.05, 3.63) is 65.7 Å². The summed E-state index contributed by atoms with van der Waals surface area (Å²) in [6.45, 7) is 2.04. The zero-order chi connectivity index (χ0) is 12.4. The molecular weight excluding hydrogens is 238 g/mol. The Morgan fingerprint density at radius 1 is 0.889 bits per heavy atom. The van der Waals surface area contributed by atoms with E-state index >= 15 is 0 Å². The van der Waals surface area contributed by atoms with Gasteiger partial charge in [0.25, 0.3) is 0 Å². The molecule has 1 nitrogen and oxygen atoms in total. The van der Waals surface area contributed by atoms with Crippen molar-refractivity contribution in [3.63, 3.8) is 0 Å². The Bertz CT molecular complexity index is 584. The molecule has 0 aliphatic carbocycles. The first-order chi connectivity index (χ1) is 8.84. The summed E-state index contributed by atoms with van der Waals surface area (Å²) in [6.07, 6.45) is 0. The molecule has 0 unspecified atom stereocenters. The fourth-order valence-electron chi connectivity index (χ4n) is 1.90. The average Bonchev–Trinajstić information content (AvgIpc) is 2.83. The molecule has 2 aromatic carbocycles. The SMILES string of the molecule is Cc1nc(-c2cc[c]cc2)c(-c2cc[c]cc2)s1. The van der Waals surface area contributed by atoms with E-state index in [2.05, 4.69) is 29.2 Å². The van der Waals surface area contributed by atoms with Crippen LogP contribution in [-0.2, 0) is 0 Å². The van der Waals surface area contributed by atoms with E-state index in [0.717, 1.165) is 16.3 Å². The molecule has 0 N–H and O–H groups in total. The topological polar surface area (TPSA) is 12.9 Å². The average molecular weight is 249 g/mol. The number of rotatable bonds is 2. The maximum absolute atomic E-state index is 4.65. The first-order valence-corrected chi connectivity index (χ1v) is 6.56. The van der Waals surface area contributed by atoms with Crippen LogP contribution in [0.25, 0.3) is 21.7 Å². The summed E-state index contributed by atoms with van der Waals surface area (Å²) < 4.78 is 0. The second kappa shape index (κ2) is 4.75. The number of thiazole rings is 1. The van der Waals surface area contributed by atoms with E-state index in [0.29, 0.717) is 0 Å². The molecule has 3 rings (SSSR count). The quantitative estimate of drug-likeness (QED) is 0.656. The molecule has 3 aromatic rings. The molecule has 0 saturated carbocycles. The Labute approximate surface area is 111 Å². The number of hydrogen-bond acceptors (Lipinski definition) is 2. The van der Waals surface area contributed by atoms with E-state index < -0.39 is 0 Å². The van der Waals surface area contributed by atoms with E-state index in [-0.39, 0.29) is 0 Å². The second-order valence-electron chi connectivity index (χ2n) is 3.99. The third-order valence-corrected chi connectivity index (χ3v) is 3.73. The van der Waals surface area contributed by atoms with Crippen molar-refractivity contribution in [3.8, 4) is 21.7 Å². The second-order valence-corrected chi connectivity index (χ2v) is 5.19. The maximum atomic E-state index is 4.65. The van der Waals surface area contributed by atoms with Crippen LogP contribution in [0.4, 0.5) is 0 Å². The number of aryl methyl sites for hydroxylation is 1. The van der Waals surface area contributed by atoms with E-state index in [1.54, 1.807) is 11.3 Å². The third kappa shape index (κ3) is 2.07. The lowest BCUT2D eigenvalue weighted by atomic mass is 10.1. The molecule has 0 saturated heterocycles. The Balaban J connectivity index is 2.17. The first kappa shape index (κ1) is 11.2. The van der Waals surface area contributed by atoms with Crippen molar-refractivity contribution in [2.75, 3.05) is 0 Å². The highest BCUT2D eigenvalue weighted by Crippen LogP contribution is 2.36. The molecule has 0 aliphatic rings. The number of aromatic nitrogens is 1. The van der Waals surface area contributed by atoms with Crippen LogP contribution in [0.1, 0.15) is 5.01 Å². The molecule has 0 amide bonds. The minimum atomic E-state index is 1.05. The van der Waals surface area contributed by atoms with Gasteiger partial charge in [-0.15, -0.1) is 11.3 Å². The van der Waals surface area contributed by atoms with Crippen molar-refractivity contribution in [2.24, 2.45) is 0 Å². The molecular formula is C16H11NS. The lowest BCUT2D eigenvalue weighted by Crippen LogP contribution is -1.81. The molecule has 0 spiro atoms. The van der Waals surface area contributed by atoms with Crippen LogP contribution in [0.2, 0.25) is 0 Å². The van der Waals surface area contributed by atoms with Crippen LogP contribution in [0.3, 0.4) is 0 Å². The Morgan fingerprint density at radius 2 is 1.44 bits per heavy atom. The molecule has 0 bridgehead atoms. The van der Waals surface area contributed by atoms with Crippen molar-refractivity contribution in [2.45, 2.75) is 6.92 Å². The number of nitrogens with zero attached hydrogens (tertiary/aromatic N) is 1. The molecule has 18 heavy (non-hydrogen) atoms. The summed E-state index contributed by atoms with van der Waals surface area (Å²) in [5.74, 6) is 0. The zero-order valence-electron chi connectivity index (χ0n) is 9.97. The Hall–Kier alpha value is -1.93. The Kier molecular flexibility index (Phi) is 2.95. The summed E-state index contributed by atoms with van der Waals surface area (Å²) in [5.41, 5.74) is 3.39. The molecule has 2 heteroatoms. The largest absolute Gasteiger partial charge is 0.241 e. The van der Waals surface area contributed by atoms with Crippen molar-refractivity contribution in [1.29, 1.82) is 0 Å². The highest BCUT2D eigenvalue weighted by Gasteiger charge is 2.12. The van der Waals surface area contributed by atoms with Gasteiger partial charge >= 0.3 is 0 Å². The van der Waals surface area contributed by atoms with Crippen LogP contribution in [0.5, 0.6) is 0 Å². The number of benzene rings is 2. The summed E-state index contributed by atoms with van der Waals surface area (Å²) in [6, 6.07) is 22.1. The lowest BCUT2D eigenvalue weighted by molar-refractivity contribution is 1.30. The van der Waals surface area contributed by atoms with Crippen LogP contribution in [0.15, 0.2) is 48.5 Å². The van der Waals surface area contributed by atoms with Gasteiger partial charge in [-0.05, 0) is 24.6 Å². The summed E-state index contributed by atoms with van der Waals surface area (Å²) >= 11 is 1.73. The van der Waals surface area contributed by atoms with Gasteiger partial charge in [-0.1, -0.05) is 48.5 Å². The van der Waals surface area contributed by atoms with E-state index in [9.17, 15) is 0 Å². The first-order valence-electron chi connectivity index (χ1n) is 5.75. The minimum absolute atomic E-state index is 1.05. The number of hydrogen-bond donors (Lipinski definition) is 0. The van der Waals surface area contributed by atoms with Crippen LogP contribution < -0.4 is 0 Å². The predicted molar refractivity (Wildman–Crippen MR) is 75.4 cm³/mol. The zero-order valence-corrected chi connectivity index (χ0v) is 10.8. The summed E-state index contributed by atoms with van der Waals surface area (Å²) in [4.78, 5) is 5.87. The fourth-order valence-corrected chi connectivity index (χ4v) is 2.85. The van der Waals surface area contributed by atoms with Crippen molar-refractivity contribution in [1.82, 2.24) is 4.98 Å². The standard InChI is InChI=1S/C16H11NS/c1-12-17-15(13-8-4-2-5-9-13)16(18-12)14-10-6-3-7-11-14/h4-11H,1H3. The lowest BCUT2D eigenvalue weighted by Gasteiger charge is -2.02. The summed E-state index contributed by atoms with van der Waals surface area (Å²) in [5, 5.41) is 1.08. The Morgan fingerprint density at radius 3 is 2.06 bits per heavy atom. The van der Waals surface area contributed by atoms with Gasteiger partial charge in [0.15, 0.2) is 0 Å². The monoisotopic (exact) mass is 249 g/mol. The normalized spacial score (nSPS) is 10.5. The van der Waals surface area contributed by atoms with Crippen LogP contribution in [-0.4, -0.2) is 4.98 Å². The molecule has 0 aliphatic heterocycles. The fraction of sp³-hybridized carbons (Fsp3) is 0.0625. The van der Waals surface area contributed by atoms with Gasteiger partial charge in [0.2, 0.25) is 0 Å². The van der Waals surface area contributed by atoms with Gasteiger partial charge in [-0.3, -0.25) is 0 Å². The maximum Gasteiger partial charge on any atom is 0.0908 e. The van der Waals surface area contributed by atoms with Gasteiger partial charge < -0.3 is 0 Å². The van der Waals surface area contributed by atoms with Gasteiger partial charge in [0.1, 0.15) is 0 Å². The van der Waals surface area contributed by atoms with E-state index in [1.165, 1.54) is 10.4 Å². The molecule has 2 radical (unpaired) electrons. The van der Waals surface area contributed by atoms with Gasteiger partial charge in [-0.2, -0.15) is 0 Å². The molecule has 1 aromatic heterocycles. The van der Waals surface area contributed by atoms with E-state index in [1.807, 2.05) is 43.3 Å². The third-order valence-electron chi connectivity index (χ3n) is 2.71. The molecule has 1 heterocycles. The van der Waals surface area contributed by atoms with Gasteiger partial charge in [-0.25, -0.2) is 4.98 Å². The highest BCUT2D eigenvalue weighted by atomic mass is 32.1. The summed E-state index contributed by atoms with van der Waals surface area (Å²) in [7, 11) is 0. The van der Waals surface area contributed by atoms with Crippen LogP contribution in [0, 0.1) is 19.1 Å². The van der Waals surface area contributed by atoms with Crippen LogP contribution >= 0.6 is 11.3 Å².